The number of amides is 1. The molecule has 5 heteroatoms. The number of hydrogen-bond acceptors (Lipinski definition) is 3. The first-order valence-electron chi connectivity index (χ1n) is 8.99. The highest BCUT2D eigenvalue weighted by Crippen LogP contribution is 2.20. The van der Waals surface area contributed by atoms with Crippen molar-refractivity contribution in [3.63, 3.8) is 0 Å². The predicted molar refractivity (Wildman–Crippen MR) is 97.3 cm³/mol. The van der Waals surface area contributed by atoms with Crippen molar-refractivity contribution >= 4 is 5.91 Å². The zero-order valence-electron chi connectivity index (χ0n) is 14.7. The van der Waals surface area contributed by atoms with Crippen LogP contribution in [0.5, 0.6) is 5.75 Å². The van der Waals surface area contributed by atoms with E-state index in [9.17, 15) is 9.18 Å². The number of nitrogens with zero attached hydrogens (tertiary/aromatic N) is 1. The summed E-state index contributed by atoms with van der Waals surface area (Å²) in [6.45, 7) is 2.01. The number of likely N-dealkylation sites (tertiary alicyclic amines) is 1. The molecular formula is C21H24FNO3. The van der Waals surface area contributed by atoms with Gasteiger partial charge in [-0.25, -0.2) is 4.39 Å². The quantitative estimate of drug-likeness (QED) is 0.864. The normalized spacial score (nSPS) is 17.2. The maximum absolute atomic E-state index is 12.9. The van der Waals surface area contributed by atoms with Crippen LogP contribution in [0.3, 0.4) is 0 Å². The molecule has 0 radical (unpaired) electrons. The van der Waals surface area contributed by atoms with Crippen LogP contribution in [-0.2, 0) is 17.8 Å². The van der Waals surface area contributed by atoms with E-state index in [1.54, 1.807) is 12.1 Å². The first kappa shape index (κ1) is 18.4. The summed E-state index contributed by atoms with van der Waals surface area (Å²) in [5.74, 6) is 0.778. The molecule has 3 rings (SSSR count). The van der Waals surface area contributed by atoms with E-state index in [-0.39, 0.29) is 24.2 Å². The molecular weight excluding hydrogens is 333 g/mol. The smallest absolute Gasteiger partial charge is 0.227 e. The summed E-state index contributed by atoms with van der Waals surface area (Å²) in [6.07, 6.45) is 2.36. The van der Waals surface area contributed by atoms with Gasteiger partial charge < -0.3 is 14.7 Å². The lowest BCUT2D eigenvalue weighted by molar-refractivity contribution is -0.132. The Kier molecular flexibility index (Phi) is 6.23. The first-order chi connectivity index (χ1) is 12.6. The summed E-state index contributed by atoms with van der Waals surface area (Å²) in [7, 11) is 0. The van der Waals surface area contributed by atoms with Crippen LogP contribution >= 0.6 is 0 Å². The van der Waals surface area contributed by atoms with Crippen LogP contribution in [0.1, 0.15) is 24.0 Å². The monoisotopic (exact) mass is 357 g/mol. The molecule has 4 nitrogen and oxygen atoms in total. The van der Waals surface area contributed by atoms with Crippen molar-refractivity contribution in [2.45, 2.75) is 25.9 Å². The van der Waals surface area contributed by atoms with Gasteiger partial charge in [-0.2, -0.15) is 0 Å². The average molecular weight is 357 g/mol. The van der Waals surface area contributed by atoms with Crippen LogP contribution in [0.25, 0.3) is 0 Å². The van der Waals surface area contributed by atoms with Gasteiger partial charge in [0, 0.05) is 19.0 Å². The minimum Gasteiger partial charge on any atom is -0.493 e. The van der Waals surface area contributed by atoms with Crippen molar-refractivity contribution in [2.75, 3.05) is 19.7 Å². The number of hydrogen-bond donors (Lipinski definition) is 1. The average Bonchev–Trinajstić information content (AvgIpc) is 2.68. The lowest BCUT2D eigenvalue weighted by Gasteiger charge is -2.32. The van der Waals surface area contributed by atoms with Crippen LogP contribution in [-0.4, -0.2) is 35.6 Å². The second-order valence-electron chi connectivity index (χ2n) is 6.76. The van der Waals surface area contributed by atoms with Gasteiger partial charge in [0.25, 0.3) is 0 Å². The molecule has 1 N–H and O–H groups in total. The number of carbonyl (C=O) groups is 1. The number of ether oxygens (including phenoxy) is 1. The molecule has 0 aromatic heterocycles. The third-order valence-electron chi connectivity index (χ3n) is 4.73. The van der Waals surface area contributed by atoms with Gasteiger partial charge in [-0.05, 0) is 48.2 Å². The van der Waals surface area contributed by atoms with Crippen molar-refractivity contribution < 1.29 is 19.0 Å². The van der Waals surface area contributed by atoms with Gasteiger partial charge in [0.1, 0.15) is 11.6 Å². The molecule has 0 bridgehead atoms. The summed E-state index contributed by atoms with van der Waals surface area (Å²) < 4.78 is 18.7. The fraction of sp³-hybridized carbons (Fsp3) is 0.381. The van der Waals surface area contributed by atoms with E-state index in [2.05, 4.69) is 0 Å². The lowest BCUT2D eigenvalue weighted by atomic mass is 9.98. The minimum absolute atomic E-state index is 0.0100. The molecule has 1 heterocycles. The maximum Gasteiger partial charge on any atom is 0.227 e. The van der Waals surface area contributed by atoms with Crippen LogP contribution < -0.4 is 4.74 Å². The van der Waals surface area contributed by atoms with Gasteiger partial charge in [-0.3, -0.25) is 4.79 Å². The second kappa shape index (κ2) is 8.81. The largest absolute Gasteiger partial charge is 0.493 e. The van der Waals surface area contributed by atoms with E-state index in [4.69, 9.17) is 9.84 Å². The highest BCUT2D eigenvalue weighted by atomic mass is 19.1. The highest BCUT2D eigenvalue weighted by molar-refractivity contribution is 5.78. The number of benzene rings is 2. The molecule has 26 heavy (non-hydrogen) atoms. The van der Waals surface area contributed by atoms with Crippen molar-refractivity contribution in [1.29, 1.82) is 0 Å². The molecule has 0 spiro atoms. The molecule has 2 aromatic rings. The Morgan fingerprint density at radius 2 is 1.81 bits per heavy atom. The van der Waals surface area contributed by atoms with Crippen LogP contribution in [0.4, 0.5) is 4.39 Å². The van der Waals surface area contributed by atoms with E-state index in [0.717, 1.165) is 30.5 Å². The van der Waals surface area contributed by atoms with Crippen LogP contribution in [0.15, 0.2) is 48.5 Å². The standard InChI is InChI=1S/C21H24FNO3/c22-19-7-9-20(10-8-19)26-15-18-2-1-11-23(13-18)21(25)12-16-3-5-17(14-24)6-4-16/h3-10,18,24H,1-2,11-15H2. The number of piperidine rings is 1. The summed E-state index contributed by atoms with van der Waals surface area (Å²) in [5, 5.41) is 9.08. The van der Waals surface area contributed by atoms with Gasteiger partial charge in [0.05, 0.1) is 19.6 Å². The number of aliphatic hydroxyl groups excluding tert-OH is 1. The Morgan fingerprint density at radius 3 is 2.50 bits per heavy atom. The second-order valence-corrected chi connectivity index (χ2v) is 6.76. The Morgan fingerprint density at radius 1 is 1.12 bits per heavy atom. The van der Waals surface area contributed by atoms with E-state index >= 15 is 0 Å². The Labute approximate surface area is 153 Å². The van der Waals surface area contributed by atoms with E-state index in [1.165, 1.54) is 12.1 Å². The topological polar surface area (TPSA) is 49.8 Å². The van der Waals surface area contributed by atoms with E-state index in [1.807, 2.05) is 29.2 Å². The first-order valence-corrected chi connectivity index (χ1v) is 8.99. The summed E-state index contributed by atoms with van der Waals surface area (Å²) >= 11 is 0. The van der Waals surface area contributed by atoms with Gasteiger partial charge in [0.15, 0.2) is 0 Å². The minimum atomic E-state index is -0.279. The van der Waals surface area contributed by atoms with Crippen molar-refractivity contribution in [3.05, 3.63) is 65.5 Å². The molecule has 2 aromatic carbocycles. The molecule has 1 atom stereocenters. The Hall–Kier alpha value is -2.40. The van der Waals surface area contributed by atoms with Crippen molar-refractivity contribution in [1.82, 2.24) is 4.90 Å². The van der Waals surface area contributed by atoms with Gasteiger partial charge in [-0.15, -0.1) is 0 Å². The van der Waals surface area contributed by atoms with Crippen molar-refractivity contribution in [3.8, 4) is 5.75 Å². The van der Waals surface area contributed by atoms with Gasteiger partial charge in [0.2, 0.25) is 5.91 Å². The number of carbonyl (C=O) groups excluding carboxylic acids is 1. The molecule has 1 amide bonds. The molecule has 138 valence electrons. The molecule has 0 saturated carbocycles. The molecule has 1 aliphatic heterocycles. The summed E-state index contributed by atoms with van der Waals surface area (Å²) in [4.78, 5) is 14.5. The zero-order valence-corrected chi connectivity index (χ0v) is 14.7. The lowest BCUT2D eigenvalue weighted by Crippen LogP contribution is -2.42. The van der Waals surface area contributed by atoms with E-state index < -0.39 is 0 Å². The molecule has 1 unspecified atom stereocenters. The van der Waals surface area contributed by atoms with Crippen LogP contribution in [0.2, 0.25) is 0 Å². The molecule has 0 aliphatic carbocycles. The number of aliphatic hydroxyl groups is 1. The third-order valence-corrected chi connectivity index (χ3v) is 4.73. The molecule has 1 saturated heterocycles. The number of halogens is 1. The summed E-state index contributed by atoms with van der Waals surface area (Å²) in [5.41, 5.74) is 1.80. The SMILES string of the molecule is O=C(Cc1ccc(CO)cc1)N1CCCC(COc2ccc(F)cc2)C1. The zero-order chi connectivity index (χ0) is 18.4. The fourth-order valence-electron chi connectivity index (χ4n) is 3.22. The third kappa shape index (κ3) is 5.05. The maximum atomic E-state index is 12.9. The molecule has 1 aliphatic rings. The van der Waals surface area contributed by atoms with Gasteiger partial charge >= 0.3 is 0 Å². The van der Waals surface area contributed by atoms with Gasteiger partial charge in [-0.1, -0.05) is 24.3 Å². The Bertz CT molecular complexity index is 715. The highest BCUT2D eigenvalue weighted by Gasteiger charge is 2.24. The Balaban J connectivity index is 1.50. The van der Waals surface area contributed by atoms with Crippen LogP contribution in [0, 0.1) is 11.7 Å². The predicted octanol–water partition coefficient (Wildman–Crippen LogP) is 3.18. The fourth-order valence-corrected chi connectivity index (χ4v) is 3.22. The molecule has 1 fully saturated rings. The van der Waals surface area contributed by atoms with Crippen molar-refractivity contribution in [2.24, 2.45) is 5.92 Å². The van der Waals surface area contributed by atoms with E-state index in [0.29, 0.717) is 25.3 Å². The summed E-state index contributed by atoms with van der Waals surface area (Å²) in [6, 6.07) is 13.5. The number of rotatable bonds is 6.